The average molecular weight is 299 g/mol. The Hall–Kier alpha value is -3.16. The quantitative estimate of drug-likeness (QED) is 0.732. The zero-order chi connectivity index (χ0) is 15.5. The molecule has 0 aliphatic carbocycles. The second-order valence-corrected chi connectivity index (χ2v) is 4.46. The summed E-state index contributed by atoms with van der Waals surface area (Å²) >= 11 is 0. The predicted molar refractivity (Wildman–Crippen MR) is 79.3 cm³/mol. The van der Waals surface area contributed by atoms with Gasteiger partial charge in [-0.2, -0.15) is 5.10 Å². The average Bonchev–Trinajstić information content (AvgIpc) is 2.97. The Morgan fingerprint density at radius 1 is 1.32 bits per heavy atom. The highest BCUT2D eigenvalue weighted by Crippen LogP contribution is 2.22. The lowest BCUT2D eigenvalue weighted by molar-refractivity contribution is -0.134. The van der Waals surface area contributed by atoms with E-state index >= 15 is 0 Å². The van der Waals surface area contributed by atoms with Crippen LogP contribution in [-0.2, 0) is 4.79 Å². The molecule has 0 unspecified atom stereocenters. The van der Waals surface area contributed by atoms with Crippen molar-refractivity contribution in [3.63, 3.8) is 0 Å². The largest absolute Gasteiger partial charge is 0.497 e. The number of aromatic nitrogens is 4. The van der Waals surface area contributed by atoms with Crippen LogP contribution in [0.4, 0.5) is 5.82 Å². The Balaban J connectivity index is 2.00. The first kappa shape index (κ1) is 13.8. The number of carbonyl (C=O) groups is 1. The molecule has 3 rings (SSSR count). The Labute approximate surface area is 125 Å². The van der Waals surface area contributed by atoms with Crippen LogP contribution in [0.5, 0.6) is 5.75 Å². The maximum atomic E-state index is 10.7. The molecule has 0 bridgehead atoms. The van der Waals surface area contributed by atoms with Gasteiger partial charge in [-0.05, 0) is 24.3 Å². The molecule has 22 heavy (non-hydrogen) atoms. The summed E-state index contributed by atoms with van der Waals surface area (Å²) in [4.78, 5) is 18.9. The highest BCUT2D eigenvalue weighted by atomic mass is 16.5. The van der Waals surface area contributed by atoms with Crippen LogP contribution in [0.3, 0.4) is 0 Å². The van der Waals surface area contributed by atoms with E-state index in [1.165, 1.54) is 6.33 Å². The van der Waals surface area contributed by atoms with Crippen LogP contribution in [0.25, 0.3) is 16.7 Å². The monoisotopic (exact) mass is 299 g/mol. The minimum Gasteiger partial charge on any atom is -0.497 e. The molecule has 2 aromatic heterocycles. The van der Waals surface area contributed by atoms with Gasteiger partial charge in [-0.1, -0.05) is 0 Å². The molecule has 1 aromatic carbocycles. The lowest BCUT2D eigenvalue weighted by Crippen LogP contribution is -2.13. The van der Waals surface area contributed by atoms with Gasteiger partial charge >= 0.3 is 5.97 Å². The molecule has 2 N–H and O–H groups in total. The van der Waals surface area contributed by atoms with E-state index in [0.29, 0.717) is 16.9 Å². The minimum atomic E-state index is -0.964. The number of nitrogens with one attached hydrogen (secondary N) is 1. The number of rotatable bonds is 5. The summed E-state index contributed by atoms with van der Waals surface area (Å²) < 4.78 is 6.78. The molecule has 0 atom stereocenters. The highest BCUT2D eigenvalue weighted by Gasteiger charge is 2.11. The molecule has 0 aliphatic rings. The summed E-state index contributed by atoms with van der Waals surface area (Å²) in [5.74, 6) is 0.222. The summed E-state index contributed by atoms with van der Waals surface area (Å²) in [5, 5.41) is 16.4. The number of benzene rings is 1. The van der Waals surface area contributed by atoms with E-state index < -0.39 is 5.97 Å². The maximum absolute atomic E-state index is 10.7. The van der Waals surface area contributed by atoms with Crippen molar-refractivity contribution >= 4 is 22.8 Å². The van der Waals surface area contributed by atoms with Crippen molar-refractivity contribution in [1.29, 1.82) is 0 Å². The van der Waals surface area contributed by atoms with Crippen LogP contribution in [-0.4, -0.2) is 44.5 Å². The standard InChI is InChI=1S/C14H13N5O3/c1-22-10-4-2-9(3-5-10)19-14-11(6-18-19)13(16-8-17-14)15-7-12(20)21/h2-6,8H,7H2,1H3,(H,20,21)(H,15,16,17). The molecule has 0 spiro atoms. The van der Waals surface area contributed by atoms with Gasteiger partial charge < -0.3 is 15.2 Å². The number of ether oxygens (including phenoxy) is 1. The number of carboxylic acids is 1. The normalized spacial score (nSPS) is 10.6. The fourth-order valence-corrected chi connectivity index (χ4v) is 2.06. The molecule has 3 aromatic rings. The molecule has 112 valence electrons. The Bertz CT molecular complexity index is 813. The fraction of sp³-hybridized carbons (Fsp3) is 0.143. The Kier molecular flexibility index (Phi) is 3.57. The van der Waals surface area contributed by atoms with E-state index in [1.807, 2.05) is 24.3 Å². The highest BCUT2D eigenvalue weighted by molar-refractivity contribution is 5.88. The van der Waals surface area contributed by atoms with E-state index in [-0.39, 0.29) is 6.54 Å². The maximum Gasteiger partial charge on any atom is 0.322 e. The van der Waals surface area contributed by atoms with E-state index in [1.54, 1.807) is 18.0 Å². The van der Waals surface area contributed by atoms with Gasteiger partial charge in [0.2, 0.25) is 0 Å². The van der Waals surface area contributed by atoms with E-state index in [0.717, 1.165) is 11.4 Å². The lowest BCUT2D eigenvalue weighted by Gasteiger charge is -2.06. The van der Waals surface area contributed by atoms with Gasteiger partial charge in [0.25, 0.3) is 0 Å². The number of anilines is 1. The van der Waals surface area contributed by atoms with Gasteiger partial charge in [-0.25, -0.2) is 14.6 Å². The summed E-state index contributed by atoms with van der Waals surface area (Å²) in [6.45, 7) is -0.222. The van der Waals surface area contributed by atoms with Gasteiger partial charge in [0.1, 0.15) is 24.4 Å². The molecule has 8 heteroatoms. The van der Waals surface area contributed by atoms with Crippen molar-refractivity contribution < 1.29 is 14.6 Å². The molecule has 0 aliphatic heterocycles. The molecule has 8 nitrogen and oxygen atoms in total. The number of aliphatic carboxylic acids is 1. The molecular formula is C14H13N5O3. The molecule has 0 amide bonds. The van der Waals surface area contributed by atoms with Crippen molar-refractivity contribution in [3.05, 3.63) is 36.8 Å². The molecule has 0 saturated carbocycles. The van der Waals surface area contributed by atoms with Crippen LogP contribution >= 0.6 is 0 Å². The first-order chi connectivity index (χ1) is 10.7. The number of hydrogen-bond acceptors (Lipinski definition) is 6. The van der Waals surface area contributed by atoms with Gasteiger partial charge in [-0.3, -0.25) is 4.79 Å². The fourth-order valence-electron chi connectivity index (χ4n) is 2.06. The van der Waals surface area contributed by atoms with Crippen LogP contribution < -0.4 is 10.1 Å². The molecule has 0 radical (unpaired) electrons. The number of fused-ring (bicyclic) bond motifs is 1. The van der Waals surface area contributed by atoms with Gasteiger partial charge in [0.15, 0.2) is 5.65 Å². The molecule has 2 heterocycles. The second-order valence-electron chi connectivity index (χ2n) is 4.46. The lowest BCUT2D eigenvalue weighted by atomic mass is 10.3. The molecule has 0 saturated heterocycles. The predicted octanol–water partition coefficient (Wildman–Crippen LogP) is 1.32. The number of hydrogen-bond donors (Lipinski definition) is 2. The van der Waals surface area contributed by atoms with Crippen molar-refractivity contribution in [2.45, 2.75) is 0 Å². The van der Waals surface area contributed by atoms with Gasteiger partial charge in [0, 0.05) is 0 Å². The summed E-state index contributed by atoms with van der Waals surface area (Å²) in [7, 11) is 1.60. The number of methoxy groups -OCH3 is 1. The van der Waals surface area contributed by atoms with Gasteiger partial charge in [-0.15, -0.1) is 0 Å². The Morgan fingerprint density at radius 2 is 2.09 bits per heavy atom. The Morgan fingerprint density at radius 3 is 2.77 bits per heavy atom. The van der Waals surface area contributed by atoms with Crippen LogP contribution in [0.1, 0.15) is 0 Å². The zero-order valence-electron chi connectivity index (χ0n) is 11.7. The van der Waals surface area contributed by atoms with E-state index in [2.05, 4.69) is 20.4 Å². The third-order valence-corrected chi connectivity index (χ3v) is 3.09. The first-order valence-corrected chi connectivity index (χ1v) is 6.48. The van der Waals surface area contributed by atoms with Crippen LogP contribution in [0.2, 0.25) is 0 Å². The minimum absolute atomic E-state index is 0.222. The third kappa shape index (κ3) is 2.53. The SMILES string of the molecule is COc1ccc(-n2ncc3c(NCC(=O)O)ncnc32)cc1. The van der Waals surface area contributed by atoms with Crippen molar-refractivity contribution in [2.24, 2.45) is 0 Å². The van der Waals surface area contributed by atoms with E-state index in [9.17, 15) is 4.79 Å². The molecule has 0 fully saturated rings. The van der Waals surface area contributed by atoms with Gasteiger partial charge in [0.05, 0.1) is 24.4 Å². The zero-order valence-corrected chi connectivity index (χ0v) is 11.7. The van der Waals surface area contributed by atoms with Crippen molar-refractivity contribution in [2.75, 3.05) is 19.0 Å². The topological polar surface area (TPSA) is 102 Å². The van der Waals surface area contributed by atoms with E-state index in [4.69, 9.17) is 9.84 Å². The third-order valence-electron chi connectivity index (χ3n) is 3.09. The smallest absolute Gasteiger partial charge is 0.322 e. The molecular weight excluding hydrogens is 286 g/mol. The second kappa shape index (κ2) is 5.68. The first-order valence-electron chi connectivity index (χ1n) is 6.48. The van der Waals surface area contributed by atoms with Crippen LogP contribution in [0, 0.1) is 0 Å². The van der Waals surface area contributed by atoms with Crippen molar-refractivity contribution in [3.8, 4) is 11.4 Å². The summed E-state index contributed by atoms with van der Waals surface area (Å²) in [5.41, 5.74) is 1.41. The van der Waals surface area contributed by atoms with Crippen molar-refractivity contribution in [1.82, 2.24) is 19.7 Å². The number of nitrogens with zero attached hydrogens (tertiary/aromatic N) is 4. The summed E-state index contributed by atoms with van der Waals surface area (Å²) in [6, 6.07) is 7.37. The summed E-state index contributed by atoms with van der Waals surface area (Å²) in [6.07, 6.45) is 2.97. The van der Waals surface area contributed by atoms with Crippen LogP contribution in [0.15, 0.2) is 36.8 Å². The number of carboxylic acid groups (broad SMARTS) is 1.